The smallest absolute Gasteiger partial charge is 0.0402 e. The number of nitrogens with zero attached hydrogens (tertiary/aromatic N) is 1. The maximum Gasteiger partial charge on any atom is 0.0402 e. The van der Waals surface area contributed by atoms with Crippen LogP contribution in [0.5, 0.6) is 0 Å². The maximum atomic E-state index is 2.19. The molecular weight excluding hydrogens is 166 g/mol. The molecule has 0 unspecified atom stereocenters. The Morgan fingerprint density at radius 2 is 1.92 bits per heavy atom. The summed E-state index contributed by atoms with van der Waals surface area (Å²) >= 11 is 1.86. The molecule has 0 bridgehead atoms. The molecule has 0 aliphatic rings. The Balaban J connectivity index is 2.92. The van der Waals surface area contributed by atoms with Crippen molar-refractivity contribution >= 4 is 17.4 Å². The van der Waals surface area contributed by atoms with Gasteiger partial charge in [0.25, 0.3) is 0 Å². The van der Waals surface area contributed by atoms with Crippen LogP contribution in [0.25, 0.3) is 0 Å². The first-order chi connectivity index (χ1) is 5.75. The van der Waals surface area contributed by atoms with Crippen molar-refractivity contribution in [2.24, 2.45) is 0 Å². The lowest BCUT2D eigenvalue weighted by Gasteiger charge is -2.16. The van der Waals surface area contributed by atoms with E-state index in [2.05, 4.69) is 49.5 Å². The largest absolute Gasteiger partial charge is 0.377 e. The molecule has 0 aromatic heterocycles. The molecule has 1 aromatic carbocycles. The molecule has 0 heterocycles. The van der Waals surface area contributed by atoms with Gasteiger partial charge in [0, 0.05) is 25.5 Å². The fourth-order valence-electron chi connectivity index (χ4n) is 1.22. The van der Waals surface area contributed by atoms with Gasteiger partial charge in [-0.2, -0.15) is 11.8 Å². The zero-order chi connectivity index (χ0) is 8.97. The molecule has 0 fully saturated rings. The highest BCUT2D eigenvalue weighted by Crippen LogP contribution is 2.21. The van der Waals surface area contributed by atoms with E-state index in [1.54, 1.807) is 0 Å². The van der Waals surface area contributed by atoms with Crippen molar-refractivity contribution in [1.82, 2.24) is 0 Å². The van der Waals surface area contributed by atoms with Gasteiger partial charge >= 0.3 is 0 Å². The molecule has 1 rings (SSSR count). The Hall–Kier alpha value is -0.630. The molecule has 12 heavy (non-hydrogen) atoms. The van der Waals surface area contributed by atoms with E-state index in [9.17, 15) is 0 Å². The van der Waals surface area contributed by atoms with Crippen LogP contribution in [0.2, 0.25) is 0 Å². The minimum Gasteiger partial charge on any atom is -0.377 e. The van der Waals surface area contributed by atoms with Crippen LogP contribution in [0.1, 0.15) is 5.56 Å². The van der Waals surface area contributed by atoms with Crippen LogP contribution in [0, 0.1) is 0 Å². The molecule has 0 spiro atoms. The highest BCUT2D eigenvalue weighted by Gasteiger charge is 2.01. The summed E-state index contributed by atoms with van der Waals surface area (Å²) in [6.45, 7) is 0. The first kappa shape index (κ1) is 9.46. The summed E-state index contributed by atoms with van der Waals surface area (Å²) < 4.78 is 0. The molecule has 0 atom stereocenters. The Labute approximate surface area is 78.8 Å². The lowest BCUT2D eigenvalue weighted by atomic mass is 10.2. The van der Waals surface area contributed by atoms with Crippen molar-refractivity contribution < 1.29 is 0 Å². The van der Waals surface area contributed by atoms with Gasteiger partial charge in [-0.3, -0.25) is 0 Å². The first-order valence-corrected chi connectivity index (χ1v) is 5.39. The van der Waals surface area contributed by atoms with Gasteiger partial charge in [0.05, 0.1) is 0 Å². The SMILES string of the molecule is CSCc1ccccc1N(C)C. The van der Waals surface area contributed by atoms with Gasteiger partial charge < -0.3 is 4.90 Å². The molecule has 0 amide bonds. The second kappa shape index (κ2) is 4.41. The van der Waals surface area contributed by atoms with E-state index in [4.69, 9.17) is 0 Å². The van der Waals surface area contributed by atoms with E-state index in [-0.39, 0.29) is 0 Å². The predicted octanol–water partition coefficient (Wildman–Crippen LogP) is 2.62. The third-order valence-corrected chi connectivity index (χ3v) is 2.37. The number of hydrogen-bond donors (Lipinski definition) is 0. The first-order valence-electron chi connectivity index (χ1n) is 4.00. The van der Waals surface area contributed by atoms with Crippen LogP contribution in [-0.2, 0) is 5.75 Å². The molecule has 0 saturated carbocycles. The highest BCUT2D eigenvalue weighted by atomic mass is 32.2. The lowest BCUT2D eigenvalue weighted by molar-refractivity contribution is 1.11. The van der Waals surface area contributed by atoms with Crippen molar-refractivity contribution in [3.63, 3.8) is 0 Å². The summed E-state index contributed by atoms with van der Waals surface area (Å²) in [5.74, 6) is 1.09. The fraction of sp³-hybridized carbons (Fsp3) is 0.400. The van der Waals surface area contributed by atoms with Crippen molar-refractivity contribution in [2.75, 3.05) is 25.3 Å². The predicted molar refractivity (Wildman–Crippen MR) is 58.0 cm³/mol. The molecule has 2 heteroatoms. The lowest BCUT2D eigenvalue weighted by Crippen LogP contribution is -2.10. The van der Waals surface area contributed by atoms with Crippen molar-refractivity contribution in [2.45, 2.75) is 5.75 Å². The number of para-hydroxylation sites is 1. The Morgan fingerprint density at radius 3 is 2.50 bits per heavy atom. The van der Waals surface area contributed by atoms with Gasteiger partial charge in [0.15, 0.2) is 0 Å². The van der Waals surface area contributed by atoms with E-state index in [1.165, 1.54) is 11.3 Å². The third-order valence-electron chi connectivity index (χ3n) is 1.77. The van der Waals surface area contributed by atoms with Crippen LogP contribution < -0.4 is 4.90 Å². The molecule has 0 aliphatic carbocycles. The molecule has 1 nitrogen and oxygen atoms in total. The van der Waals surface area contributed by atoms with Gasteiger partial charge in [0.1, 0.15) is 0 Å². The van der Waals surface area contributed by atoms with Crippen LogP contribution in [0.4, 0.5) is 5.69 Å². The van der Waals surface area contributed by atoms with E-state index in [1.807, 2.05) is 11.8 Å². The summed E-state index contributed by atoms with van der Waals surface area (Å²) in [6.07, 6.45) is 2.13. The minimum atomic E-state index is 1.09. The molecule has 0 radical (unpaired) electrons. The zero-order valence-electron chi connectivity index (χ0n) is 7.87. The van der Waals surface area contributed by atoms with Crippen molar-refractivity contribution in [1.29, 1.82) is 0 Å². The summed E-state index contributed by atoms with van der Waals surface area (Å²) in [5, 5.41) is 0. The zero-order valence-corrected chi connectivity index (χ0v) is 8.69. The Morgan fingerprint density at radius 1 is 1.25 bits per heavy atom. The summed E-state index contributed by atoms with van der Waals surface area (Å²) in [5.41, 5.74) is 2.74. The highest BCUT2D eigenvalue weighted by molar-refractivity contribution is 7.97. The summed E-state index contributed by atoms with van der Waals surface area (Å²) in [6, 6.07) is 8.52. The van der Waals surface area contributed by atoms with Crippen molar-refractivity contribution in [3.8, 4) is 0 Å². The molecule has 0 N–H and O–H groups in total. The average molecular weight is 181 g/mol. The Kier molecular flexibility index (Phi) is 3.48. The second-order valence-corrected chi connectivity index (χ2v) is 3.82. The Bertz CT molecular complexity index is 245. The van der Waals surface area contributed by atoms with Gasteiger partial charge in [-0.05, 0) is 17.9 Å². The average Bonchev–Trinajstić information content (AvgIpc) is 2.05. The molecular formula is C10H15NS. The number of hydrogen-bond acceptors (Lipinski definition) is 2. The topological polar surface area (TPSA) is 3.24 Å². The van der Waals surface area contributed by atoms with E-state index >= 15 is 0 Å². The standard InChI is InChI=1S/C10H15NS/c1-11(2)10-7-5-4-6-9(10)8-12-3/h4-7H,8H2,1-3H3. The molecule has 66 valence electrons. The van der Waals surface area contributed by atoms with Crippen LogP contribution in [0.3, 0.4) is 0 Å². The van der Waals surface area contributed by atoms with Gasteiger partial charge in [-0.1, -0.05) is 18.2 Å². The number of anilines is 1. The number of thioether (sulfide) groups is 1. The normalized spacial score (nSPS) is 9.92. The quantitative estimate of drug-likeness (QED) is 0.705. The fourth-order valence-corrected chi connectivity index (χ4v) is 1.78. The summed E-state index contributed by atoms with van der Waals surface area (Å²) in [7, 11) is 4.16. The summed E-state index contributed by atoms with van der Waals surface area (Å²) in [4.78, 5) is 2.16. The van der Waals surface area contributed by atoms with Gasteiger partial charge in [0.2, 0.25) is 0 Å². The van der Waals surface area contributed by atoms with Crippen molar-refractivity contribution in [3.05, 3.63) is 29.8 Å². The monoisotopic (exact) mass is 181 g/mol. The third kappa shape index (κ3) is 2.18. The second-order valence-electron chi connectivity index (χ2n) is 2.96. The minimum absolute atomic E-state index is 1.09. The van der Waals surface area contributed by atoms with Crippen LogP contribution >= 0.6 is 11.8 Å². The van der Waals surface area contributed by atoms with Gasteiger partial charge in [-0.15, -0.1) is 0 Å². The maximum absolute atomic E-state index is 2.19. The number of rotatable bonds is 3. The molecule has 0 saturated heterocycles. The van der Waals surface area contributed by atoms with Crippen LogP contribution in [-0.4, -0.2) is 20.4 Å². The molecule has 0 aliphatic heterocycles. The van der Waals surface area contributed by atoms with Crippen LogP contribution in [0.15, 0.2) is 24.3 Å². The van der Waals surface area contributed by atoms with Gasteiger partial charge in [-0.25, -0.2) is 0 Å². The van der Waals surface area contributed by atoms with E-state index in [0.717, 1.165) is 5.75 Å². The van der Waals surface area contributed by atoms with E-state index in [0.29, 0.717) is 0 Å². The van der Waals surface area contributed by atoms with E-state index < -0.39 is 0 Å². The molecule has 1 aromatic rings. The number of benzene rings is 1.